The Bertz CT molecular complexity index is 558. The van der Waals surface area contributed by atoms with Gasteiger partial charge in [-0.25, -0.2) is 4.79 Å². The third kappa shape index (κ3) is 5.54. The van der Waals surface area contributed by atoms with Gasteiger partial charge >= 0.3 is 5.97 Å². The molecule has 20 heavy (non-hydrogen) atoms. The largest absolute Gasteiger partial charge is 0.463 e. The van der Waals surface area contributed by atoms with E-state index in [1.807, 2.05) is 6.92 Å². The zero-order valence-electron chi connectivity index (χ0n) is 11.5. The predicted octanol–water partition coefficient (Wildman–Crippen LogP) is 2.21. The first-order chi connectivity index (χ1) is 9.45. The van der Waals surface area contributed by atoms with E-state index in [0.717, 1.165) is 5.56 Å². The molecular formula is C14H18O5S. The monoisotopic (exact) mass is 298 g/mol. The molecule has 5 nitrogen and oxygen atoms in total. The van der Waals surface area contributed by atoms with Crippen LogP contribution >= 0.6 is 0 Å². The van der Waals surface area contributed by atoms with Crippen LogP contribution in [0.1, 0.15) is 18.9 Å². The Morgan fingerprint density at radius 3 is 2.50 bits per heavy atom. The van der Waals surface area contributed by atoms with E-state index in [4.69, 9.17) is 4.18 Å². The minimum Gasteiger partial charge on any atom is -0.463 e. The highest BCUT2D eigenvalue weighted by molar-refractivity contribution is 7.86. The molecule has 0 spiro atoms. The minimum atomic E-state index is -3.74. The van der Waals surface area contributed by atoms with Crippen LogP contribution in [0, 0.1) is 6.92 Å². The normalized spacial score (nSPS) is 11.7. The smallest absolute Gasteiger partial charge is 0.330 e. The number of ether oxygens (including phenoxy) is 1. The molecule has 0 fully saturated rings. The summed E-state index contributed by atoms with van der Waals surface area (Å²) in [5.41, 5.74) is 0.973. The van der Waals surface area contributed by atoms with Gasteiger partial charge in [-0.2, -0.15) is 8.42 Å². The van der Waals surface area contributed by atoms with Crippen LogP contribution < -0.4 is 0 Å². The van der Waals surface area contributed by atoms with E-state index >= 15 is 0 Å². The maximum absolute atomic E-state index is 11.8. The van der Waals surface area contributed by atoms with Crippen LogP contribution in [0.5, 0.6) is 0 Å². The summed E-state index contributed by atoms with van der Waals surface area (Å²) in [6.07, 6.45) is 3.08. The van der Waals surface area contributed by atoms with Gasteiger partial charge in [0.15, 0.2) is 0 Å². The third-order valence-corrected chi connectivity index (χ3v) is 3.70. The van der Waals surface area contributed by atoms with Crippen molar-refractivity contribution >= 4 is 16.1 Å². The van der Waals surface area contributed by atoms with Crippen molar-refractivity contribution in [2.24, 2.45) is 0 Å². The van der Waals surface area contributed by atoms with E-state index in [-0.39, 0.29) is 11.5 Å². The molecule has 110 valence electrons. The van der Waals surface area contributed by atoms with E-state index in [1.54, 1.807) is 19.1 Å². The minimum absolute atomic E-state index is 0.0217. The van der Waals surface area contributed by atoms with Crippen molar-refractivity contribution in [3.63, 3.8) is 0 Å². The van der Waals surface area contributed by atoms with Gasteiger partial charge in [0, 0.05) is 6.08 Å². The van der Waals surface area contributed by atoms with Gasteiger partial charge in [0.05, 0.1) is 18.1 Å². The molecule has 1 aromatic rings. The fraction of sp³-hybridized carbons (Fsp3) is 0.357. The number of aryl methyl sites for hydroxylation is 1. The van der Waals surface area contributed by atoms with Crippen molar-refractivity contribution in [2.45, 2.75) is 25.2 Å². The van der Waals surface area contributed by atoms with Crippen molar-refractivity contribution in [2.75, 3.05) is 13.2 Å². The second-order valence-electron chi connectivity index (χ2n) is 4.03. The molecule has 0 bridgehead atoms. The highest BCUT2D eigenvalue weighted by Crippen LogP contribution is 2.13. The lowest BCUT2D eigenvalue weighted by Gasteiger charge is -2.04. The SMILES string of the molecule is CCOC(=O)/C=C/CCOS(=O)(=O)c1ccc(C)cc1. The number of carbonyl (C=O) groups is 1. The Balaban J connectivity index is 2.45. The Morgan fingerprint density at radius 2 is 1.90 bits per heavy atom. The van der Waals surface area contributed by atoms with E-state index < -0.39 is 16.1 Å². The van der Waals surface area contributed by atoms with E-state index in [9.17, 15) is 13.2 Å². The highest BCUT2D eigenvalue weighted by atomic mass is 32.2. The van der Waals surface area contributed by atoms with Gasteiger partial charge < -0.3 is 4.74 Å². The first kappa shape index (κ1) is 16.4. The fourth-order valence-electron chi connectivity index (χ4n) is 1.37. The summed E-state index contributed by atoms with van der Waals surface area (Å²) in [6.45, 7) is 3.87. The van der Waals surface area contributed by atoms with Crippen LogP contribution in [0.25, 0.3) is 0 Å². The zero-order chi connectivity index (χ0) is 15.0. The van der Waals surface area contributed by atoms with Crippen molar-refractivity contribution in [3.8, 4) is 0 Å². The summed E-state index contributed by atoms with van der Waals surface area (Å²) < 4.78 is 33.2. The number of hydrogen-bond acceptors (Lipinski definition) is 5. The second-order valence-corrected chi connectivity index (χ2v) is 5.65. The molecule has 0 saturated carbocycles. The molecular weight excluding hydrogens is 280 g/mol. The van der Waals surface area contributed by atoms with Crippen LogP contribution in [-0.2, 0) is 23.8 Å². The number of hydrogen-bond donors (Lipinski definition) is 0. The molecule has 0 aliphatic rings. The van der Waals surface area contributed by atoms with Crippen molar-refractivity contribution < 1.29 is 22.1 Å². The zero-order valence-corrected chi connectivity index (χ0v) is 12.4. The summed E-state index contributed by atoms with van der Waals surface area (Å²) >= 11 is 0. The van der Waals surface area contributed by atoms with E-state index in [1.165, 1.54) is 24.3 Å². The Kier molecular flexibility index (Phi) is 6.41. The molecule has 0 N–H and O–H groups in total. The lowest BCUT2D eigenvalue weighted by atomic mass is 10.2. The van der Waals surface area contributed by atoms with Crippen LogP contribution in [0.4, 0.5) is 0 Å². The summed E-state index contributed by atoms with van der Waals surface area (Å²) in [7, 11) is -3.74. The maximum Gasteiger partial charge on any atom is 0.330 e. The Labute approximate surface area is 119 Å². The molecule has 0 heterocycles. The van der Waals surface area contributed by atoms with Gasteiger partial charge in [-0.3, -0.25) is 4.18 Å². The van der Waals surface area contributed by atoms with Crippen molar-refractivity contribution in [1.82, 2.24) is 0 Å². The number of esters is 1. The molecule has 1 rings (SSSR count). The number of benzene rings is 1. The fourth-order valence-corrected chi connectivity index (χ4v) is 2.29. The van der Waals surface area contributed by atoms with Crippen LogP contribution in [0.15, 0.2) is 41.3 Å². The second kappa shape index (κ2) is 7.81. The summed E-state index contributed by atoms with van der Waals surface area (Å²) in [4.78, 5) is 11.1. The number of rotatable bonds is 7. The Morgan fingerprint density at radius 1 is 1.25 bits per heavy atom. The molecule has 0 radical (unpaired) electrons. The van der Waals surface area contributed by atoms with Gasteiger partial charge in [0.25, 0.3) is 10.1 Å². The summed E-state index contributed by atoms with van der Waals surface area (Å²) in [6, 6.07) is 6.41. The molecule has 0 atom stereocenters. The quantitative estimate of drug-likeness (QED) is 0.334. The Hall–Kier alpha value is -1.66. The molecule has 0 aliphatic carbocycles. The molecule has 0 saturated heterocycles. The van der Waals surface area contributed by atoms with Crippen molar-refractivity contribution in [3.05, 3.63) is 42.0 Å². The van der Waals surface area contributed by atoms with Crippen LogP contribution in [0.2, 0.25) is 0 Å². The lowest BCUT2D eigenvalue weighted by molar-refractivity contribution is -0.137. The molecule has 0 aliphatic heterocycles. The van der Waals surface area contributed by atoms with Gasteiger partial charge in [0.1, 0.15) is 0 Å². The van der Waals surface area contributed by atoms with E-state index in [2.05, 4.69) is 4.74 Å². The topological polar surface area (TPSA) is 69.7 Å². The lowest BCUT2D eigenvalue weighted by Crippen LogP contribution is -2.07. The van der Waals surface area contributed by atoms with Crippen molar-refractivity contribution in [1.29, 1.82) is 0 Å². The molecule has 6 heteroatoms. The van der Waals surface area contributed by atoms with Gasteiger partial charge in [-0.15, -0.1) is 0 Å². The maximum atomic E-state index is 11.8. The molecule has 1 aromatic carbocycles. The average Bonchev–Trinajstić information content (AvgIpc) is 2.39. The molecule has 0 unspecified atom stereocenters. The molecule has 0 aromatic heterocycles. The summed E-state index contributed by atoms with van der Waals surface area (Å²) in [5, 5.41) is 0. The highest BCUT2D eigenvalue weighted by Gasteiger charge is 2.13. The van der Waals surface area contributed by atoms with Crippen LogP contribution in [-0.4, -0.2) is 27.6 Å². The predicted molar refractivity (Wildman–Crippen MR) is 74.7 cm³/mol. The van der Waals surface area contributed by atoms with Crippen LogP contribution in [0.3, 0.4) is 0 Å². The average molecular weight is 298 g/mol. The van der Waals surface area contributed by atoms with Gasteiger partial charge in [-0.05, 0) is 32.4 Å². The third-order valence-electron chi connectivity index (χ3n) is 2.37. The first-order valence-electron chi connectivity index (χ1n) is 6.25. The number of carbonyl (C=O) groups excluding carboxylic acids is 1. The van der Waals surface area contributed by atoms with E-state index in [0.29, 0.717) is 13.0 Å². The standard InChI is InChI=1S/C14H18O5S/c1-3-18-14(15)6-4-5-11-19-20(16,17)13-9-7-12(2)8-10-13/h4,6-10H,3,5,11H2,1-2H3/b6-4+. The summed E-state index contributed by atoms with van der Waals surface area (Å²) in [5.74, 6) is -0.450. The first-order valence-corrected chi connectivity index (χ1v) is 7.66. The van der Waals surface area contributed by atoms with Gasteiger partial charge in [-0.1, -0.05) is 23.8 Å². The molecule has 0 amide bonds. The van der Waals surface area contributed by atoms with Gasteiger partial charge in [0.2, 0.25) is 0 Å².